The van der Waals surface area contributed by atoms with E-state index in [4.69, 9.17) is 21.1 Å². The number of carbonyl (C=O) groups is 3. The molecule has 2 heterocycles. The van der Waals surface area contributed by atoms with Crippen LogP contribution in [0.25, 0.3) is 6.08 Å². The summed E-state index contributed by atoms with van der Waals surface area (Å²) < 4.78 is 11.1. The first-order valence-corrected chi connectivity index (χ1v) is 14.1. The summed E-state index contributed by atoms with van der Waals surface area (Å²) in [6.07, 6.45) is 3.86. The number of ketones is 3. The fraction of sp³-hybridized carbons (Fsp3) is 0.171. The van der Waals surface area contributed by atoms with E-state index in [1.165, 1.54) is 7.11 Å². The standard InChI is InChI=1S/C35H26ClNO5/c1-41-27-17-13-22(19-28(27)42-2)30-31(32(38)21-11-15-23(36)16-12-21)37-26-10-6-3-7-20(26)14-18-29(37)35(30)33(39)24-8-4-5-9-25(24)34(35)40/h3-19,29-31H,1-2H3/t29?,30-,31+/m1/s1. The average Bonchev–Trinajstić information content (AvgIpc) is 3.47. The molecule has 0 bridgehead atoms. The Hall–Kier alpha value is -4.68. The van der Waals surface area contributed by atoms with Crippen LogP contribution in [-0.4, -0.2) is 43.7 Å². The molecule has 3 aliphatic rings. The molecule has 0 aromatic heterocycles. The minimum absolute atomic E-state index is 0.213. The molecule has 0 amide bonds. The minimum atomic E-state index is -1.60. The van der Waals surface area contributed by atoms with Gasteiger partial charge in [0, 0.05) is 33.3 Å². The zero-order valence-electron chi connectivity index (χ0n) is 22.9. The third-order valence-corrected chi connectivity index (χ3v) is 9.13. The lowest BCUT2D eigenvalue weighted by molar-refractivity contribution is 0.0665. The maximum Gasteiger partial charge on any atom is 0.185 e. The number of methoxy groups -OCH3 is 2. The number of carbonyl (C=O) groups excluding carboxylic acids is 3. The number of para-hydroxylation sites is 1. The van der Waals surface area contributed by atoms with E-state index in [1.807, 2.05) is 47.4 Å². The van der Waals surface area contributed by atoms with Crippen LogP contribution in [0, 0.1) is 5.41 Å². The SMILES string of the molecule is COc1ccc([C@@H]2[C@@H](C(=O)c3ccc(Cl)cc3)N3c4ccccc4C=CC3C23C(=O)c2ccccc2C3=O)cc1OC. The van der Waals surface area contributed by atoms with E-state index in [-0.39, 0.29) is 17.3 Å². The Morgan fingerprint density at radius 1 is 0.810 bits per heavy atom. The third-order valence-electron chi connectivity index (χ3n) is 8.88. The zero-order valence-corrected chi connectivity index (χ0v) is 23.7. The predicted molar refractivity (Wildman–Crippen MR) is 161 cm³/mol. The predicted octanol–water partition coefficient (Wildman–Crippen LogP) is 6.67. The molecule has 6 nitrogen and oxygen atoms in total. The number of ether oxygens (including phenoxy) is 2. The lowest BCUT2D eigenvalue weighted by Gasteiger charge is -2.37. The van der Waals surface area contributed by atoms with E-state index in [9.17, 15) is 14.4 Å². The van der Waals surface area contributed by atoms with Gasteiger partial charge in [0.05, 0.1) is 20.3 Å². The van der Waals surface area contributed by atoms with Crippen LogP contribution in [0.3, 0.4) is 0 Å². The summed E-state index contributed by atoms with van der Waals surface area (Å²) in [7, 11) is 3.08. The Kier molecular flexibility index (Phi) is 6.06. The van der Waals surface area contributed by atoms with Gasteiger partial charge >= 0.3 is 0 Å². The normalized spacial score (nSPS) is 21.2. The molecule has 7 rings (SSSR count). The van der Waals surface area contributed by atoms with Crippen molar-refractivity contribution in [1.29, 1.82) is 0 Å². The number of hydrogen-bond acceptors (Lipinski definition) is 6. The molecule has 0 radical (unpaired) electrons. The minimum Gasteiger partial charge on any atom is -0.493 e. The van der Waals surface area contributed by atoms with Gasteiger partial charge in [-0.3, -0.25) is 14.4 Å². The van der Waals surface area contributed by atoms with Crippen LogP contribution in [0.5, 0.6) is 11.5 Å². The van der Waals surface area contributed by atoms with Crippen LogP contribution in [0.1, 0.15) is 48.1 Å². The molecular formula is C35H26ClNO5. The fourth-order valence-electron chi connectivity index (χ4n) is 7.12. The lowest BCUT2D eigenvalue weighted by Crippen LogP contribution is -2.48. The molecule has 1 aliphatic carbocycles. The first-order valence-electron chi connectivity index (χ1n) is 13.7. The molecule has 3 atom stereocenters. The first-order chi connectivity index (χ1) is 20.4. The van der Waals surface area contributed by atoms with Crippen molar-refractivity contribution in [3.63, 3.8) is 0 Å². The Morgan fingerprint density at radius 3 is 2.12 bits per heavy atom. The average molecular weight is 576 g/mol. The van der Waals surface area contributed by atoms with Crippen molar-refractivity contribution in [2.45, 2.75) is 18.0 Å². The number of rotatable bonds is 5. The second-order valence-corrected chi connectivity index (χ2v) is 11.2. The topological polar surface area (TPSA) is 72.9 Å². The second-order valence-electron chi connectivity index (χ2n) is 10.8. The third kappa shape index (κ3) is 3.48. The largest absolute Gasteiger partial charge is 0.493 e. The van der Waals surface area contributed by atoms with Gasteiger partial charge < -0.3 is 14.4 Å². The summed E-state index contributed by atoms with van der Waals surface area (Å²) in [5.74, 6) is -0.686. The number of hydrogen-bond donors (Lipinski definition) is 0. The van der Waals surface area contributed by atoms with E-state index in [0.717, 1.165) is 11.3 Å². The van der Waals surface area contributed by atoms with Gasteiger partial charge in [0.1, 0.15) is 11.5 Å². The van der Waals surface area contributed by atoms with Crippen molar-refractivity contribution in [3.05, 3.63) is 130 Å². The van der Waals surface area contributed by atoms with Crippen molar-refractivity contribution < 1.29 is 23.9 Å². The Balaban J connectivity index is 1.55. The molecule has 4 aromatic carbocycles. The monoisotopic (exact) mass is 575 g/mol. The lowest BCUT2D eigenvalue weighted by atomic mass is 9.64. The number of anilines is 1. The van der Waals surface area contributed by atoms with E-state index in [2.05, 4.69) is 0 Å². The van der Waals surface area contributed by atoms with E-state index in [1.54, 1.807) is 67.8 Å². The van der Waals surface area contributed by atoms with Crippen molar-refractivity contribution in [1.82, 2.24) is 0 Å². The van der Waals surface area contributed by atoms with Crippen LogP contribution in [-0.2, 0) is 0 Å². The molecule has 42 heavy (non-hydrogen) atoms. The molecule has 7 heteroatoms. The Labute approximate surface area is 248 Å². The molecule has 1 fully saturated rings. The number of benzene rings is 4. The highest BCUT2D eigenvalue weighted by Gasteiger charge is 2.71. The fourth-order valence-corrected chi connectivity index (χ4v) is 7.25. The van der Waals surface area contributed by atoms with E-state index < -0.39 is 23.4 Å². The van der Waals surface area contributed by atoms with Gasteiger partial charge in [-0.25, -0.2) is 0 Å². The quantitative estimate of drug-likeness (QED) is 0.195. The van der Waals surface area contributed by atoms with Crippen molar-refractivity contribution >= 4 is 40.7 Å². The van der Waals surface area contributed by atoms with Gasteiger partial charge in [-0.2, -0.15) is 0 Å². The molecule has 1 saturated heterocycles. The van der Waals surface area contributed by atoms with Gasteiger partial charge in [0.15, 0.2) is 28.8 Å². The molecule has 2 aliphatic heterocycles. The number of fused-ring (bicyclic) bond motifs is 5. The highest BCUT2D eigenvalue weighted by molar-refractivity contribution is 6.32. The van der Waals surface area contributed by atoms with Crippen molar-refractivity contribution in [2.24, 2.45) is 5.41 Å². The van der Waals surface area contributed by atoms with Gasteiger partial charge in [-0.15, -0.1) is 0 Å². The summed E-state index contributed by atoms with van der Waals surface area (Å²) in [6.45, 7) is 0. The summed E-state index contributed by atoms with van der Waals surface area (Å²) >= 11 is 6.18. The molecular weight excluding hydrogens is 550 g/mol. The second kappa shape index (κ2) is 9.71. The molecule has 4 aromatic rings. The van der Waals surface area contributed by atoms with E-state index in [0.29, 0.717) is 38.8 Å². The summed E-state index contributed by atoms with van der Waals surface area (Å²) in [4.78, 5) is 46.2. The van der Waals surface area contributed by atoms with Crippen LogP contribution in [0.4, 0.5) is 5.69 Å². The smallest absolute Gasteiger partial charge is 0.185 e. The van der Waals surface area contributed by atoms with Crippen LogP contribution < -0.4 is 14.4 Å². The van der Waals surface area contributed by atoms with Crippen molar-refractivity contribution in [2.75, 3.05) is 19.1 Å². The molecule has 0 N–H and O–H groups in total. The van der Waals surface area contributed by atoms with Crippen LogP contribution >= 0.6 is 11.6 Å². The van der Waals surface area contributed by atoms with Crippen molar-refractivity contribution in [3.8, 4) is 11.5 Å². The molecule has 0 saturated carbocycles. The first kappa shape index (κ1) is 26.2. The highest BCUT2D eigenvalue weighted by atomic mass is 35.5. The van der Waals surface area contributed by atoms with Gasteiger partial charge in [0.2, 0.25) is 0 Å². The number of nitrogens with zero attached hydrogens (tertiary/aromatic N) is 1. The summed E-state index contributed by atoms with van der Waals surface area (Å²) in [6, 6.07) is 25.2. The Morgan fingerprint density at radius 2 is 1.45 bits per heavy atom. The highest BCUT2D eigenvalue weighted by Crippen LogP contribution is 2.61. The molecule has 1 unspecified atom stereocenters. The van der Waals surface area contributed by atoms with E-state index >= 15 is 0 Å². The molecule has 1 spiro atoms. The van der Waals surface area contributed by atoms with Gasteiger partial charge in [-0.1, -0.05) is 72.3 Å². The van der Waals surface area contributed by atoms with Gasteiger partial charge in [-0.05, 0) is 53.6 Å². The van der Waals surface area contributed by atoms with Gasteiger partial charge in [0.25, 0.3) is 0 Å². The van der Waals surface area contributed by atoms with Crippen LogP contribution in [0.15, 0.2) is 97.1 Å². The number of Topliss-reactive ketones (excluding diaryl/α,β-unsaturated/α-hetero) is 3. The summed E-state index contributed by atoms with van der Waals surface area (Å²) in [5.41, 5.74) is 1.92. The van der Waals surface area contributed by atoms with Crippen LogP contribution in [0.2, 0.25) is 5.02 Å². The maximum absolute atomic E-state index is 14.7. The number of halogens is 1. The Bertz CT molecular complexity index is 1780. The maximum atomic E-state index is 14.7. The molecule has 208 valence electrons. The zero-order chi connectivity index (χ0) is 29.2. The summed E-state index contributed by atoms with van der Waals surface area (Å²) in [5, 5.41) is 0.506.